The predicted molar refractivity (Wildman–Crippen MR) is 119 cm³/mol. The van der Waals surface area contributed by atoms with E-state index < -0.39 is 0 Å². The molecule has 4 nitrogen and oxygen atoms in total. The van der Waals surface area contributed by atoms with Gasteiger partial charge in [-0.1, -0.05) is 56.3 Å². The molecule has 0 aliphatic rings. The molecule has 0 aliphatic carbocycles. The predicted octanol–water partition coefficient (Wildman–Crippen LogP) is 4.99. The molecule has 2 atom stereocenters. The third-order valence-electron chi connectivity index (χ3n) is 5.87. The van der Waals surface area contributed by atoms with Gasteiger partial charge in [-0.05, 0) is 46.0 Å². The monoisotopic (exact) mass is 406 g/mol. The molecular formula is C26H30O4. The lowest BCUT2D eigenvalue weighted by atomic mass is 9.84. The number of hydrogen-bond donors (Lipinski definition) is 2. The van der Waals surface area contributed by atoms with Gasteiger partial charge in [-0.3, -0.25) is 0 Å². The van der Waals surface area contributed by atoms with E-state index in [1.807, 2.05) is 42.5 Å². The highest BCUT2D eigenvalue weighted by molar-refractivity contribution is 5.50. The normalized spacial score (nSPS) is 13.0. The summed E-state index contributed by atoms with van der Waals surface area (Å²) in [6, 6.07) is 20.1. The van der Waals surface area contributed by atoms with Crippen LogP contribution in [0.1, 0.15) is 59.1 Å². The summed E-state index contributed by atoms with van der Waals surface area (Å²) in [4.78, 5) is 0. The second-order valence-electron chi connectivity index (χ2n) is 7.57. The molecular weight excluding hydrogens is 376 g/mol. The van der Waals surface area contributed by atoms with E-state index >= 15 is 0 Å². The molecule has 2 N–H and O–H groups in total. The van der Waals surface area contributed by atoms with Crippen molar-refractivity contribution >= 4 is 0 Å². The Morgan fingerprint density at radius 2 is 1.27 bits per heavy atom. The number of hydrogen-bond acceptors (Lipinski definition) is 4. The molecule has 2 unspecified atom stereocenters. The number of aliphatic hydroxyl groups excluding tert-OH is 2. The third-order valence-corrected chi connectivity index (χ3v) is 5.87. The van der Waals surface area contributed by atoms with Crippen LogP contribution in [-0.2, 0) is 13.2 Å². The lowest BCUT2D eigenvalue weighted by Crippen LogP contribution is -2.07. The Morgan fingerprint density at radius 1 is 0.700 bits per heavy atom. The van der Waals surface area contributed by atoms with Crippen molar-refractivity contribution in [1.82, 2.24) is 0 Å². The van der Waals surface area contributed by atoms with Gasteiger partial charge in [0.05, 0.1) is 27.4 Å². The number of aliphatic hydroxyl groups is 2. The minimum absolute atomic E-state index is 0.0304. The molecule has 3 rings (SSSR count). The van der Waals surface area contributed by atoms with Gasteiger partial charge < -0.3 is 19.7 Å². The maximum Gasteiger partial charge on any atom is 0.123 e. The van der Waals surface area contributed by atoms with Crippen molar-refractivity contribution in [2.24, 2.45) is 0 Å². The van der Waals surface area contributed by atoms with Crippen LogP contribution in [0.5, 0.6) is 11.5 Å². The van der Waals surface area contributed by atoms with Crippen LogP contribution in [0.3, 0.4) is 0 Å². The molecule has 30 heavy (non-hydrogen) atoms. The zero-order chi connectivity index (χ0) is 21.7. The SMILES string of the molecule is COc1ccc(C(C)c2cc(C(C)c3ccc(CO)cc3)c(CO)cc2OC)cc1. The van der Waals surface area contributed by atoms with E-state index in [0.29, 0.717) is 0 Å². The van der Waals surface area contributed by atoms with Crippen LogP contribution in [0.25, 0.3) is 0 Å². The Hall–Kier alpha value is -2.82. The molecule has 0 saturated heterocycles. The molecule has 4 heteroatoms. The summed E-state index contributed by atoms with van der Waals surface area (Å²) in [5.74, 6) is 1.80. The smallest absolute Gasteiger partial charge is 0.123 e. The van der Waals surface area contributed by atoms with E-state index in [2.05, 4.69) is 32.0 Å². The first-order valence-corrected chi connectivity index (χ1v) is 10.2. The van der Waals surface area contributed by atoms with Crippen LogP contribution in [0, 0.1) is 0 Å². The summed E-state index contributed by atoms with van der Waals surface area (Å²) in [5, 5.41) is 19.3. The molecule has 0 aromatic heterocycles. The average molecular weight is 407 g/mol. The zero-order valence-electron chi connectivity index (χ0n) is 18.1. The number of methoxy groups -OCH3 is 2. The Balaban J connectivity index is 2.04. The van der Waals surface area contributed by atoms with Gasteiger partial charge in [0.15, 0.2) is 0 Å². The van der Waals surface area contributed by atoms with E-state index in [4.69, 9.17) is 9.47 Å². The largest absolute Gasteiger partial charge is 0.497 e. The molecule has 0 bridgehead atoms. The summed E-state index contributed by atoms with van der Waals surface area (Å²) < 4.78 is 11.0. The van der Waals surface area contributed by atoms with Crippen molar-refractivity contribution in [3.05, 3.63) is 94.0 Å². The molecule has 158 valence electrons. The second-order valence-corrected chi connectivity index (χ2v) is 7.57. The fourth-order valence-electron chi connectivity index (χ4n) is 3.87. The van der Waals surface area contributed by atoms with Gasteiger partial charge in [0.25, 0.3) is 0 Å². The molecule has 0 aliphatic heterocycles. The quantitative estimate of drug-likeness (QED) is 0.553. The average Bonchev–Trinajstić information content (AvgIpc) is 2.82. The van der Waals surface area contributed by atoms with Crippen molar-refractivity contribution in [3.63, 3.8) is 0 Å². The lowest BCUT2D eigenvalue weighted by Gasteiger charge is -2.23. The summed E-state index contributed by atoms with van der Waals surface area (Å²) in [7, 11) is 3.33. The van der Waals surface area contributed by atoms with Crippen molar-refractivity contribution in [3.8, 4) is 11.5 Å². The molecule has 0 radical (unpaired) electrons. The third kappa shape index (κ3) is 4.50. The van der Waals surface area contributed by atoms with E-state index in [9.17, 15) is 10.2 Å². The van der Waals surface area contributed by atoms with Crippen molar-refractivity contribution < 1.29 is 19.7 Å². The van der Waals surface area contributed by atoms with Crippen molar-refractivity contribution in [2.45, 2.75) is 38.9 Å². The minimum atomic E-state index is -0.0536. The first-order valence-electron chi connectivity index (χ1n) is 10.2. The molecule has 0 fully saturated rings. The van der Waals surface area contributed by atoms with Crippen LogP contribution in [0.15, 0.2) is 60.7 Å². The maximum absolute atomic E-state index is 10.0. The number of benzene rings is 3. The van der Waals surface area contributed by atoms with E-state index in [-0.39, 0.29) is 25.0 Å². The highest BCUT2D eigenvalue weighted by Gasteiger charge is 2.20. The molecule has 0 amide bonds. The van der Waals surface area contributed by atoms with Gasteiger partial charge in [-0.15, -0.1) is 0 Å². The first kappa shape index (κ1) is 21.9. The van der Waals surface area contributed by atoms with E-state index in [1.165, 1.54) is 0 Å². The Labute approximate surface area is 178 Å². The Morgan fingerprint density at radius 3 is 1.77 bits per heavy atom. The summed E-state index contributed by atoms with van der Waals surface area (Å²) >= 11 is 0. The van der Waals surface area contributed by atoms with Crippen LogP contribution in [-0.4, -0.2) is 24.4 Å². The molecule has 0 spiro atoms. The van der Waals surface area contributed by atoms with E-state index in [0.717, 1.165) is 44.9 Å². The van der Waals surface area contributed by atoms with Gasteiger partial charge in [-0.25, -0.2) is 0 Å². The fourth-order valence-corrected chi connectivity index (χ4v) is 3.87. The molecule has 3 aromatic carbocycles. The summed E-state index contributed by atoms with van der Waals surface area (Å²) in [6.45, 7) is 4.27. The van der Waals surface area contributed by atoms with Gasteiger partial charge in [0, 0.05) is 17.4 Å². The van der Waals surface area contributed by atoms with Gasteiger partial charge in [0.1, 0.15) is 11.5 Å². The second kappa shape index (κ2) is 9.79. The van der Waals surface area contributed by atoms with Crippen LogP contribution < -0.4 is 9.47 Å². The molecule has 3 aromatic rings. The fraction of sp³-hybridized carbons (Fsp3) is 0.308. The zero-order valence-corrected chi connectivity index (χ0v) is 18.1. The van der Waals surface area contributed by atoms with Gasteiger partial charge in [0.2, 0.25) is 0 Å². The van der Waals surface area contributed by atoms with Crippen LogP contribution in [0.4, 0.5) is 0 Å². The first-order chi connectivity index (χ1) is 14.5. The topological polar surface area (TPSA) is 58.9 Å². The van der Waals surface area contributed by atoms with Gasteiger partial charge in [-0.2, -0.15) is 0 Å². The van der Waals surface area contributed by atoms with Crippen molar-refractivity contribution in [2.75, 3.05) is 14.2 Å². The maximum atomic E-state index is 10.0. The highest BCUT2D eigenvalue weighted by Crippen LogP contribution is 2.38. The van der Waals surface area contributed by atoms with E-state index in [1.54, 1.807) is 14.2 Å². The standard InChI is InChI=1S/C26H30O4/c1-17(20-7-5-19(15-27)6-8-20)24-14-25(26(30-4)13-22(24)16-28)18(2)21-9-11-23(29-3)12-10-21/h5-14,17-18,27-28H,15-16H2,1-4H3. The van der Waals surface area contributed by atoms with Crippen molar-refractivity contribution in [1.29, 1.82) is 0 Å². The molecule has 0 heterocycles. The summed E-state index contributed by atoms with van der Waals surface area (Å²) in [5.41, 5.74) is 6.19. The van der Waals surface area contributed by atoms with Crippen LogP contribution >= 0.6 is 0 Å². The minimum Gasteiger partial charge on any atom is -0.497 e. The van der Waals surface area contributed by atoms with Crippen LogP contribution in [0.2, 0.25) is 0 Å². The van der Waals surface area contributed by atoms with Gasteiger partial charge >= 0.3 is 0 Å². The lowest BCUT2D eigenvalue weighted by molar-refractivity contribution is 0.279. The summed E-state index contributed by atoms with van der Waals surface area (Å²) in [6.07, 6.45) is 0. The highest BCUT2D eigenvalue weighted by atomic mass is 16.5. The molecule has 0 saturated carbocycles. The Bertz CT molecular complexity index is 885. The number of ether oxygens (including phenoxy) is 2. The Kier molecular flexibility index (Phi) is 7.14. The number of rotatable bonds is 8.